The molecule has 0 spiro atoms. The average molecular weight is 1310 g/mol. The summed E-state index contributed by atoms with van der Waals surface area (Å²) < 4.78 is 4.72. The van der Waals surface area contributed by atoms with E-state index in [1.165, 1.54) is 66.4 Å². The van der Waals surface area contributed by atoms with Crippen molar-refractivity contribution in [3.05, 3.63) is 320 Å². The van der Waals surface area contributed by atoms with Crippen LogP contribution in [0.5, 0.6) is 0 Å². The summed E-state index contributed by atoms with van der Waals surface area (Å²) in [6.07, 6.45) is 28.0. The van der Waals surface area contributed by atoms with Crippen LogP contribution in [0.2, 0.25) is 0 Å². The van der Waals surface area contributed by atoms with E-state index in [4.69, 9.17) is 19.9 Å². The van der Waals surface area contributed by atoms with Crippen molar-refractivity contribution < 1.29 is 0 Å². The molecule has 436 valence electrons. The molecule has 6 nitrogen and oxygen atoms in total. The van der Waals surface area contributed by atoms with Crippen LogP contribution in [0, 0.1) is 0 Å². The summed E-state index contributed by atoms with van der Waals surface area (Å²) in [6, 6.07) is 68.2. The molecule has 0 amide bonds. The molecule has 6 aromatic heterocycles. The Labute approximate surface area is 550 Å². The van der Waals surface area contributed by atoms with E-state index in [2.05, 4.69) is 274 Å². The topological polar surface area (TPSA) is 61.4 Å². The van der Waals surface area contributed by atoms with Gasteiger partial charge in [0.2, 0.25) is 0 Å². The molecule has 14 heteroatoms. The van der Waals surface area contributed by atoms with E-state index in [1.54, 1.807) is 45.3 Å². The Morgan fingerprint density at radius 2 is 0.944 bits per heavy atom. The first-order valence-electron chi connectivity index (χ1n) is 29.7. The molecular formula is C76H54N6S8. The third kappa shape index (κ3) is 9.21. The number of thiazole rings is 4. The highest BCUT2D eigenvalue weighted by Crippen LogP contribution is 2.79. The predicted molar refractivity (Wildman–Crippen MR) is 383 cm³/mol. The molecule has 0 N–H and O–H groups in total. The van der Waals surface area contributed by atoms with Crippen molar-refractivity contribution in [1.82, 2.24) is 29.1 Å². The van der Waals surface area contributed by atoms with Crippen molar-refractivity contribution in [3.8, 4) is 54.2 Å². The SMILES string of the molecule is CC1/C=C\C(C2=CC3SC(C4=C=CC5=C(C=C4)S(c4ccccc4)(c4ccccc4)c4ccc(-n6c(-c7nccs7)ccc6-c6nccs6)cc45)=CC3S2)=C/Cc2cc(-n3c(-c4nccs4)ccc3-c3nccs3)ccc2S1(c1ccccc1)c1ccccc1. The number of benzene rings is 6. The quantitative estimate of drug-likeness (QED) is 0.114. The summed E-state index contributed by atoms with van der Waals surface area (Å²) in [5.74, 6) is 0. The largest absolute Gasteiger partial charge is 0.305 e. The van der Waals surface area contributed by atoms with Gasteiger partial charge in [-0.25, -0.2) is 19.9 Å². The fourth-order valence-electron chi connectivity index (χ4n) is 13.5. The first-order chi connectivity index (χ1) is 44.5. The molecule has 0 fully saturated rings. The van der Waals surface area contributed by atoms with Crippen molar-refractivity contribution in [3.63, 3.8) is 0 Å². The fraction of sp³-hybridized carbons (Fsp3) is 0.0658. The standard InChI is InChI=1S/C76H54N6S8/c1-50-22-23-51(24-25-53-46-54(81-62(73-77-38-42-83-73)31-32-63(81)74-78-39-43-84-74)28-36-70(53)89(50,56-14-6-2-7-15-56)57-16-8-3-9-17-57)66-48-68-69(87-66)49-67(88-68)52-26-30-60-61-47-55(82-64(75-79-40-44-85-75)33-34-65(82)76-80-41-45-86-76)29-37-72(61)90(71(60)35-27-52,58-18-10-4-11-19-58)59-20-12-5-13-21-59/h2-24,27-50,68-69H,25H2,1H3/b23-22-,51-24+. The highest BCUT2D eigenvalue weighted by atomic mass is 32.3. The number of rotatable bonds is 12. The van der Waals surface area contributed by atoms with Crippen molar-refractivity contribution >= 4 is 94.5 Å². The Morgan fingerprint density at radius 1 is 0.478 bits per heavy atom. The minimum absolute atomic E-state index is 0.152. The van der Waals surface area contributed by atoms with Gasteiger partial charge in [-0.05, 0) is 160 Å². The highest BCUT2D eigenvalue weighted by Gasteiger charge is 2.44. The normalized spacial score (nSPS) is 20.2. The number of nitrogens with zero attached hydrogens (tertiary/aromatic N) is 6. The number of aromatic nitrogens is 6. The zero-order valence-corrected chi connectivity index (χ0v) is 55.0. The first-order valence-corrected chi connectivity index (χ1v) is 38.4. The summed E-state index contributed by atoms with van der Waals surface area (Å²) in [5.41, 5.74) is 16.5. The van der Waals surface area contributed by atoms with E-state index in [1.807, 2.05) is 48.3 Å². The lowest BCUT2D eigenvalue weighted by molar-refractivity contribution is 1.05. The molecule has 90 heavy (non-hydrogen) atoms. The van der Waals surface area contributed by atoms with Crippen LogP contribution in [0.1, 0.15) is 18.1 Å². The van der Waals surface area contributed by atoms with E-state index in [-0.39, 0.29) is 15.7 Å². The van der Waals surface area contributed by atoms with E-state index in [0.29, 0.717) is 0 Å². The number of hydrogen-bond donors (Lipinski definition) is 0. The Bertz CT molecular complexity index is 4780. The fourth-order valence-corrected chi connectivity index (χ4v) is 27.6. The molecule has 0 saturated heterocycles. The highest BCUT2D eigenvalue weighted by molar-refractivity contribution is 8.37. The number of thioether (sulfide) groups is 2. The van der Waals surface area contributed by atoms with Crippen molar-refractivity contribution in [2.75, 3.05) is 0 Å². The maximum absolute atomic E-state index is 4.83. The van der Waals surface area contributed by atoms with Gasteiger partial charge in [-0.1, -0.05) is 110 Å². The number of allylic oxidation sites excluding steroid dienone is 7. The van der Waals surface area contributed by atoms with Crippen LogP contribution in [-0.2, 0) is 6.42 Å². The molecule has 12 aromatic rings. The van der Waals surface area contributed by atoms with Crippen LogP contribution in [0.3, 0.4) is 0 Å². The van der Waals surface area contributed by atoms with Gasteiger partial charge in [0.1, 0.15) is 20.0 Å². The van der Waals surface area contributed by atoms with E-state index < -0.39 is 20.1 Å². The molecule has 10 heterocycles. The lowest BCUT2D eigenvalue weighted by Crippen LogP contribution is -2.17. The second-order valence-electron chi connectivity index (χ2n) is 22.2. The lowest BCUT2D eigenvalue weighted by Gasteiger charge is -2.46. The van der Waals surface area contributed by atoms with Crippen LogP contribution in [0.4, 0.5) is 0 Å². The molecule has 4 aliphatic heterocycles. The van der Waals surface area contributed by atoms with Gasteiger partial charge < -0.3 is 9.13 Å². The second-order valence-corrected chi connectivity index (χ2v) is 34.7. The Balaban J connectivity index is 0.746. The predicted octanol–water partition coefficient (Wildman–Crippen LogP) is 21.8. The lowest BCUT2D eigenvalue weighted by atomic mass is 10.0. The number of fused-ring (bicyclic) bond motifs is 4. The second kappa shape index (κ2) is 23.2. The van der Waals surface area contributed by atoms with Crippen LogP contribution in [0.15, 0.2) is 338 Å². The van der Waals surface area contributed by atoms with Crippen LogP contribution in [0.25, 0.3) is 59.8 Å². The van der Waals surface area contributed by atoms with Gasteiger partial charge in [0, 0.05) is 119 Å². The molecule has 6 aromatic carbocycles. The summed E-state index contributed by atoms with van der Waals surface area (Å²) >= 11 is 10.6. The monoisotopic (exact) mass is 1310 g/mol. The molecule has 3 atom stereocenters. The average Bonchev–Trinajstić information content (AvgIpc) is 1.52. The summed E-state index contributed by atoms with van der Waals surface area (Å²) in [5, 5.41) is 12.8. The maximum Gasteiger partial charge on any atom is 0.140 e. The maximum atomic E-state index is 4.83. The van der Waals surface area contributed by atoms with Crippen LogP contribution >= 0.6 is 88.9 Å². The minimum atomic E-state index is -1.96. The van der Waals surface area contributed by atoms with Gasteiger partial charge in [-0.2, -0.15) is 10.0 Å². The van der Waals surface area contributed by atoms with Crippen LogP contribution < -0.4 is 0 Å². The van der Waals surface area contributed by atoms with Crippen LogP contribution in [-0.4, -0.2) is 44.8 Å². The van der Waals surface area contributed by atoms with Gasteiger partial charge in [-0.3, -0.25) is 0 Å². The third-order valence-electron chi connectivity index (χ3n) is 17.3. The Hall–Kier alpha value is -8.24. The summed E-state index contributed by atoms with van der Waals surface area (Å²) in [4.78, 5) is 31.3. The number of hydrogen-bond acceptors (Lipinski definition) is 10. The Kier molecular flexibility index (Phi) is 14.4. The van der Waals surface area contributed by atoms with Gasteiger partial charge in [0.05, 0.1) is 22.8 Å². The minimum Gasteiger partial charge on any atom is -0.305 e. The van der Waals surface area contributed by atoms with Crippen molar-refractivity contribution in [2.24, 2.45) is 0 Å². The molecule has 17 rings (SSSR count). The molecule has 5 aliphatic rings. The van der Waals surface area contributed by atoms with Gasteiger partial charge in [0.15, 0.2) is 0 Å². The zero-order chi connectivity index (χ0) is 59.8. The van der Waals surface area contributed by atoms with E-state index in [9.17, 15) is 0 Å². The van der Waals surface area contributed by atoms with Gasteiger partial charge >= 0.3 is 0 Å². The summed E-state index contributed by atoms with van der Waals surface area (Å²) in [7, 11) is -3.82. The van der Waals surface area contributed by atoms with Crippen molar-refractivity contribution in [2.45, 2.75) is 58.5 Å². The molecular weight excluding hydrogens is 1250 g/mol. The smallest absolute Gasteiger partial charge is 0.140 e. The van der Waals surface area contributed by atoms with E-state index in [0.717, 1.165) is 66.2 Å². The zero-order valence-electron chi connectivity index (χ0n) is 48.4. The molecule has 1 aliphatic carbocycles. The molecule has 3 unspecified atom stereocenters. The molecule has 0 bridgehead atoms. The summed E-state index contributed by atoms with van der Waals surface area (Å²) in [6.45, 7) is 2.45. The Morgan fingerprint density at radius 3 is 1.44 bits per heavy atom. The van der Waals surface area contributed by atoms with Crippen molar-refractivity contribution in [1.29, 1.82) is 0 Å². The third-order valence-corrected chi connectivity index (χ3v) is 31.7. The molecule has 0 radical (unpaired) electrons. The van der Waals surface area contributed by atoms with Gasteiger partial charge in [-0.15, -0.1) is 84.6 Å². The van der Waals surface area contributed by atoms with Gasteiger partial charge in [0.25, 0.3) is 0 Å². The van der Waals surface area contributed by atoms with E-state index >= 15 is 0 Å². The molecule has 0 saturated carbocycles. The first kappa shape index (κ1) is 55.8.